The van der Waals surface area contributed by atoms with Crippen LogP contribution in [0.1, 0.15) is 72.1 Å². The smallest absolute Gasteiger partial charge is 0.408 e. The van der Waals surface area contributed by atoms with E-state index in [0.29, 0.717) is 11.1 Å². The highest BCUT2D eigenvalue weighted by Gasteiger charge is 2.39. The fraction of sp³-hybridized carbons (Fsp3) is 0.520. The number of hydrogen-bond acceptors (Lipinski definition) is 5. The minimum Gasteiger partial charge on any atom is -0.444 e. The van der Waals surface area contributed by atoms with Crippen molar-refractivity contribution >= 4 is 23.8 Å². The number of alkyl carbamates (subject to hydrolysis) is 1. The Morgan fingerprint density at radius 2 is 1.68 bits per heavy atom. The Labute approximate surface area is 201 Å². The monoisotopic (exact) mass is 472 g/mol. The number of carbonyl (C=O) groups is 4. The molecular weight excluding hydrogens is 436 g/mol. The van der Waals surface area contributed by atoms with Crippen LogP contribution < -0.4 is 16.4 Å². The van der Waals surface area contributed by atoms with Gasteiger partial charge in [0.05, 0.1) is 6.42 Å². The van der Waals surface area contributed by atoms with Crippen molar-refractivity contribution in [2.45, 2.75) is 84.7 Å². The summed E-state index contributed by atoms with van der Waals surface area (Å²) in [5, 5.41) is 5.26. The van der Waals surface area contributed by atoms with Crippen molar-refractivity contribution < 1.29 is 23.9 Å². The van der Waals surface area contributed by atoms with Gasteiger partial charge >= 0.3 is 6.09 Å². The molecule has 0 saturated carbocycles. The van der Waals surface area contributed by atoms with Crippen LogP contribution in [0.15, 0.2) is 24.3 Å². The number of amides is 4. The van der Waals surface area contributed by atoms with Crippen molar-refractivity contribution in [3.8, 4) is 12.3 Å². The van der Waals surface area contributed by atoms with E-state index >= 15 is 0 Å². The van der Waals surface area contributed by atoms with Gasteiger partial charge in [-0.3, -0.25) is 14.4 Å². The molecule has 4 N–H and O–H groups in total. The Hall–Kier alpha value is -3.54. The van der Waals surface area contributed by atoms with Crippen LogP contribution >= 0.6 is 0 Å². The number of rotatable bonds is 9. The normalized spacial score (nSPS) is 12.9. The number of benzene rings is 1. The first-order valence-corrected chi connectivity index (χ1v) is 11.1. The Morgan fingerprint density at radius 1 is 1.09 bits per heavy atom. The molecule has 4 amide bonds. The molecule has 9 heteroatoms. The third-order valence-corrected chi connectivity index (χ3v) is 4.57. The van der Waals surface area contributed by atoms with Crippen LogP contribution in [0.2, 0.25) is 0 Å². The van der Waals surface area contributed by atoms with Gasteiger partial charge in [0.2, 0.25) is 17.7 Å². The summed E-state index contributed by atoms with van der Waals surface area (Å²) in [4.78, 5) is 52.5. The predicted molar refractivity (Wildman–Crippen MR) is 129 cm³/mol. The standard InChI is InChI=1S/C25H36N4O5/c1-9-17-12-10-11-13-18(17)21(22(31)27-15(2)3)29(16(4)5)23(32)19(14-20(26)30)28-24(33)34-25(6,7)8/h1,10-13,15-16,19,21H,14H2,2-8H3,(H2,26,30)(H,27,31)(H,28,33). The summed E-state index contributed by atoms with van der Waals surface area (Å²) in [5.74, 6) is 0.634. The fourth-order valence-electron chi connectivity index (χ4n) is 3.36. The zero-order valence-corrected chi connectivity index (χ0v) is 21.0. The number of nitrogens with two attached hydrogens (primary N) is 1. The second-order valence-corrected chi connectivity index (χ2v) is 9.51. The van der Waals surface area contributed by atoms with E-state index in [4.69, 9.17) is 16.9 Å². The summed E-state index contributed by atoms with van der Waals surface area (Å²) in [6.45, 7) is 12.0. The van der Waals surface area contributed by atoms with Gasteiger partial charge in [0.1, 0.15) is 17.7 Å². The van der Waals surface area contributed by atoms with Gasteiger partial charge in [-0.2, -0.15) is 0 Å². The lowest BCUT2D eigenvalue weighted by Crippen LogP contribution is -2.56. The molecule has 2 unspecified atom stereocenters. The minimum absolute atomic E-state index is 0.210. The first-order valence-electron chi connectivity index (χ1n) is 11.1. The van der Waals surface area contributed by atoms with Crippen molar-refractivity contribution in [3.63, 3.8) is 0 Å². The average Bonchev–Trinajstić information content (AvgIpc) is 2.68. The SMILES string of the molecule is C#Cc1ccccc1C(C(=O)NC(C)C)N(C(=O)C(CC(N)=O)NC(=O)OC(C)(C)C)C(C)C. The summed E-state index contributed by atoms with van der Waals surface area (Å²) in [7, 11) is 0. The van der Waals surface area contributed by atoms with Crippen LogP contribution in [-0.2, 0) is 19.1 Å². The van der Waals surface area contributed by atoms with E-state index in [2.05, 4.69) is 16.6 Å². The highest BCUT2D eigenvalue weighted by Crippen LogP contribution is 2.28. The second kappa shape index (κ2) is 12.1. The largest absolute Gasteiger partial charge is 0.444 e. The summed E-state index contributed by atoms with van der Waals surface area (Å²) >= 11 is 0. The van der Waals surface area contributed by atoms with Gasteiger partial charge in [-0.1, -0.05) is 24.1 Å². The predicted octanol–water partition coefficient (Wildman–Crippen LogP) is 2.24. The molecule has 0 bridgehead atoms. The Bertz CT molecular complexity index is 943. The number of carbonyl (C=O) groups excluding carboxylic acids is 4. The van der Waals surface area contributed by atoms with Crippen LogP contribution in [0.3, 0.4) is 0 Å². The lowest BCUT2D eigenvalue weighted by atomic mass is 9.96. The quantitative estimate of drug-likeness (QED) is 0.475. The molecule has 0 aliphatic carbocycles. The molecule has 0 saturated heterocycles. The molecule has 0 aliphatic rings. The molecule has 1 rings (SSSR count). The number of hydrogen-bond donors (Lipinski definition) is 3. The highest BCUT2D eigenvalue weighted by molar-refractivity contribution is 5.95. The zero-order chi connectivity index (χ0) is 26.2. The van der Waals surface area contributed by atoms with Crippen molar-refractivity contribution in [3.05, 3.63) is 35.4 Å². The molecule has 0 radical (unpaired) electrons. The van der Waals surface area contributed by atoms with Gasteiger partial charge in [-0.15, -0.1) is 6.42 Å². The Kier molecular flexibility index (Phi) is 10.1. The van der Waals surface area contributed by atoms with Gasteiger partial charge in [-0.05, 0) is 60.1 Å². The molecular formula is C25H36N4O5. The molecule has 1 aromatic carbocycles. The molecule has 0 spiro atoms. The maximum absolute atomic E-state index is 13.7. The second-order valence-electron chi connectivity index (χ2n) is 9.51. The highest BCUT2D eigenvalue weighted by atomic mass is 16.6. The average molecular weight is 473 g/mol. The van der Waals surface area contributed by atoms with Crippen molar-refractivity contribution in [1.82, 2.24) is 15.5 Å². The van der Waals surface area contributed by atoms with Gasteiger partial charge in [0, 0.05) is 17.6 Å². The molecule has 0 aliphatic heterocycles. The van der Waals surface area contributed by atoms with Crippen molar-refractivity contribution in [2.75, 3.05) is 0 Å². The number of nitrogens with zero attached hydrogens (tertiary/aromatic N) is 1. The van der Waals surface area contributed by atoms with E-state index in [0.717, 1.165) is 0 Å². The van der Waals surface area contributed by atoms with E-state index in [1.807, 2.05) is 0 Å². The minimum atomic E-state index is -1.35. The van der Waals surface area contributed by atoms with E-state index < -0.39 is 54.0 Å². The molecule has 0 heterocycles. The third-order valence-electron chi connectivity index (χ3n) is 4.57. The first-order chi connectivity index (χ1) is 15.7. The van der Waals surface area contributed by atoms with E-state index in [-0.39, 0.29) is 6.04 Å². The maximum Gasteiger partial charge on any atom is 0.408 e. The zero-order valence-electron chi connectivity index (χ0n) is 21.0. The summed E-state index contributed by atoms with van der Waals surface area (Å²) in [6, 6.07) is 3.63. The molecule has 1 aromatic rings. The summed E-state index contributed by atoms with van der Waals surface area (Å²) in [6.07, 6.45) is 4.31. The Morgan fingerprint density at radius 3 is 2.15 bits per heavy atom. The Balaban J connectivity index is 3.55. The molecule has 186 valence electrons. The van der Waals surface area contributed by atoms with Gasteiger partial charge < -0.3 is 26.0 Å². The van der Waals surface area contributed by atoms with Gasteiger partial charge in [0.25, 0.3) is 0 Å². The van der Waals surface area contributed by atoms with Crippen molar-refractivity contribution in [1.29, 1.82) is 0 Å². The first kappa shape index (κ1) is 28.5. The lowest BCUT2D eigenvalue weighted by Gasteiger charge is -2.37. The molecule has 0 fully saturated rings. The fourth-order valence-corrected chi connectivity index (χ4v) is 3.36. The number of nitrogens with one attached hydrogen (secondary N) is 2. The van der Waals surface area contributed by atoms with Gasteiger partial charge in [0.15, 0.2) is 0 Å². The van der Waals surface area contributed by atoms with Crippen LogP contribution in [0.5, 0.6) is 0 Å². The van der Waals surface area contributed by atoms with Gasteiger partial charge in [-0.25, -0.2) is 4.79 Å². The van der Waals surface area contributed by atoms with E-state index in [9.17, 15) is 19.2 Å². The number of terminal acetylenes is 1. The van der Waals surface area contributed by atoms with E-state index in [1.165, 1.54) is 4.90 Å². The number of ether oxygens (including phenoxy) is 1. The van der Waals surface area contributed by atoms with Crippen LogP contribution in [0.4, 0.5) is 4.79 Å². The topological polar surface area (TPSA) is 131 Å². The lowest BCUT2D eigenvalue weighted by molar-refractivity contribution is -0.145. The maximum atomic E-state index is 13.7. The third kappa shape index (κ3) is 8.43. The van der Waals surface area contributed by atoms with Crippen molar-refractivity contribution in [2.24, 2.45) is 5.73 Å². The molecule has 0 aromatic heterocycles. The van der Waals surface area contributed by atoms with Crippen LogP contribution in [-0.4, -0.2) is 52.4 Å². The molecule has 9 nitrogen and oxygen atoms in total. The molecule has 34 heavy (non-hydrogen) atoms. The number of primary amides is 1. The summed E-state index contributed by atoms with van der Waals surface area (Å²) in [5.41, 5.74) is 5.42. The van der Waals surface area contributed by atoms with Crippen LogP contribution in [0.25, 0.3) is 0 Å². The summed E-state index contributed by atoms with van der Waals surface area (Å²) < 4.78 is 5.24. The molecule has 2 atom stereocenters. The van der Waals surface area contributed by atoms with E-state index in [1.54, 1.807) is 72.7 Å². The van der Waals surface area contributed by atoms with Crippen LogP contribution in [0, 0.1) is 12.3 Å².